The van der Waals surface area contributed by atoms with E-state index >= 15 is 0 Å². The number of phenols is 1. The standard InChI is InChI=1S/C42H42BIN2O6/c1-25(2)32-23-33-39(42(49)46(41(33)48)31-17-15-30(16-18-31)45-29-12-8-5-9-13-29)34-24-43(50)52-36(38(32)34)19-14-28(27-10-6-4-7-11-27)20-26-21-35(44)40(47)37(22-26)51-3/h4-13,15-18,20-22,25,33-34,36,39,45,47,50H,14,19,23-24H2,1-3H3/b28-20-/t33-,34+,36-,39-/m1/s1. The molecule has 52 heavy (non-hydrogen) atoms. The first-order valence-electron chi connectivity index (χ1n) is 17.8. The summed E-state index contributed by atoms with van der Waals surface area (Å²) in [4.78, 5) is 29.8. The van der Waals surface area contributed by atoms with Gasteiger partial charge in [-0.3, -0.25) is 14.5 Å². The summed E-state index contributed by atoms with van der Waals surface area (Å²) in [7, 11) is 0.480. The molecule has 0 saturated carbocycles. The van der Waals surface area contributed by atoms with Gasteiger partial charge in [0.25, 0.3) is 0 Å². The maximum absolute atomic E-state index is 14.3. The number of halogens is 1. The van der Waals surface area contributed by atoms with Crippen molar-refractivity contribution < 1.29 is 29.1 Å². The van der Waals surface area contributed by atoms with Crippen LogP contribution in [0.15, 0.2) is 108 Å². The normalized spacial score (nSPS) is 21.8. The van der Waals surface area contributed by atoms with Gasteiger partial charge in [0.15, 0.2) is 11.5 Å². The van der Waals surface area contributed by atoms with Crippen molar-refractivity contribution in [2.45, 2.75) is 45.5 Å². The van der Waals surface area contributed by atoms with E-state index in [1.165, 1.54) is 12.0 Å². The maximum Gasteiger partial charge on any atom is 0.455 e. The van der Waals surface area contributed by atoms with Crippen molar-refractivity contribution in [2.24, 2.45) is 23.7 Å². The summed E-state index contributed by atoms with van der Waals surface area (Å²) in [5, 5.41) is 25.0. The van der Waals surface area contributed by atoms with Crippen molar-refractivity contribution in [3.63, 3.8) is 0 Å². The van der Waals surface area contributed by atoms with Gasteiger partial charge in [0.05, 0.1) is 34.3 Å². The summed E-state index contributed by atoms with van der Waals surface area (Å²) in [5.41, 5.74) is 7.58. The minimum atomic E-state index is -1.06. The van der Waals surface area contributed by atoms with Crippen LogP contribution in [0.3, 0.4) is 0 Å². The zero-order valence-electron chi connectivity index (χ0n) is 29.5. The molecule has 2 aliphatic heterocycles. The lowest BCUT2D eigenvalue weighted by Gasteiger charge is -2.44. The number of imide groups is 1. The average molecular weight is 809 g/mol. The summed E-state index contributed by atoms with van der Waals surface area (Å²) < 4.78 is 12.4. The number of hydrogen-bond donors (Lipinski definition) is 3. The molecule has 0 unspecified atom stereocenters. The molecule has 1 aliphatic carbocycles. The summed E-state index contributed by atoms with van der Waals surface area (Å²) >= 11 is 2.10. The lowest BCUT2D eigenvalue weighted by atomic mass is 9.57. The number of benzene rings is 4. The number of rotatable bonds is 10. The summed E-state index contributed by atoms with van der Waals surface area (Å²) in [6, 6.07) is 31.1. The molecule has 7 rings (SSSR count). The highest BCUT2D eigenvalue weighted by Gasteiger charge is 2.57. The predicted molar refractivity (Wildman–Crippen MR) is 214 cm³/mol. The smallest absolute Gasteiger partial charge is 0.455 e. The highest BCUT2D eigenvalue weighted by molar-refractivity contribution is 14.1. The fourth-order valence-corrected chi connectivity index (χ4v) is 8.78. The first-order valence-corrected chi connectivity index (χ1v) is 18.9. The SMILES string of the molecule is COc1cc(/C=C(/CC[C@H]2OB(O)C[C@H]3C2=C(C(C)C)C[C@H]2C(=O)N(c4ccc(Nc5ccccc5)cc4)C(=O)[C@H]23)c2ccccc2)cc(I)c1O. The Morgan fingerprint density at radius 1 is 0.981 bits per heavy atom. The Hall–Kier alpha value is -4.39. The van der Waals surface area contributed by atoms with Crippen LogP contribution >= 0.6 is 22.6 Å². The number of aromatic hydroxyl groups is 1. The van der Waals surface area contributed by atoms with E-state index in [1.54, 1.807) is 0 Å². The van der Waals surface area contributed by atoms with E-state index in [1.807, 2.05) is 84.9 Å². The van der Waals surface area contributed by atoms with Gasteiger partial charge < -0.3 is 24.8 Å². The Balaban J connectivity index is 1.17. The molecule has 4 atom stereocenters. The molecule has 2 saturated heterocycles. The summed E-state index contributed by atoms with van der Waals surface area (Å²) in [6.45, 7) is 4.27. The molecule has 2 heterocycles. The highest BCUT2D eigenvalue weighted by atomic mass is 127. The molecule has 3 N–H and O–H groups in total. The van der Waals surface area contributed by atoms with Gasteiger partial charge in [-0.05, 0) is 131 Å². The van der Waals surface area contributed by atoms with Gasteiger partial charge in [-0.15, -0.1) is 0 Å². The Labute approximate surface area is 318 Å². The molecule has 10 heteroatoms. The average Bonchev–Trinajstić information content (AvgIpc) is 3.40. The lowest BCUT2D eigenvalue weighted by molar-refractivity contribution is -0.122. The number of ether oxygens (including phenoxy) is 1. The first-order chi connectivity index (χ1) is 25.1. The van der Waals surface area contributed by atoms with Crippen molar-refractivity contribution in [3.05, 3.63) is 123 Å². The number of nitrogens with one attached hydrogen (secondary N) is 1. The molecule has 0 radical (unpaired) electrons. The number of carbonyl (C=O) groups is 2. The van der Waals surface area contributed by atoms with E-state index in [2.05, 4.69) is 60.0 Å². The first kappa shape index (κ1) is 36.0. The molecular formula is C42H42BIN2O6. The number of hydrogen-bond acceptors (Lipinski definition) is 7. The van der Waals surface area contributed by atoms with Crippen molar-refractivity contribution in [1.82, 2.24) is 0 Å². The third-order valence-electron chi connectivity index (χ3n) is 10.6. The van der Waals surface area contributed by atoms with Crippen LogP contribution in [0.25, 0.3) is 11.6 Å². The van der Waals surface area contributed by atoms with Crippen LogP contribution in [0.5, 0.6) is 11.5 Å². The molecule has 2 fully saturated rings. The third-order valence-corrected chi connectivity index (χ3v) is 11.4. The molecule has 0 bridgehead atoms. The summed E-state index contributed by atoms with van der Waals surface area (Å²) in [6.07, 6.45) is 3.64. The monoisotopic (exact) mass is 808 g/mol. The van der Waals surface area contributed by atoms with Crippen LogP contribution in [-0.4, -0.2) is 42.3 Å². The van der Waals surface area contributed by atoms with E-state index < -0.39 is 25.1 Å². The van der Waals surface area contributed by atoms with Crippen LogP contribution in [0.1, 0.15) is 44.2 Å². The Morgan fingerprint density at radius 3 is 2.33 bits per heavy atom. The van der Waals surface area contributed by atoms with Crippen molar-refractivity contribution in [3.8, 4) is 11.5 Å². The quantitative estimate of drug-likeness (QED) is 0.0484. The van der Waals surface area contributed by atoms with Crippen LogP contribution in [0.2, 0.25) is 6.32 Å². The Kier molecular flexibility index (Phi) is 10.6. The number of phenolic OH excluding ortho intramolecular Hbond substituents is 1. The molecule has 0 spiro atoms. The molecule has 3 aliphatic rings. The number of amides is 2. The van der Waals surface area contributed by atoms with Crippen molar-refractivity contribution >= 4 is 70.2 Å². The second-order valence-corrected chi connectivity index (χ2v) is 15.2. The molecule has 0 aromatic heterocycles. The molecule has 266 valence electrons. The number of anilines is 3. The predicted octanol–water partition coefficient (Wildman–Crippen LogP) is 8.73. The topological polar surface area (TPSA) is 108 Å². The van der Waals surface area contributed by atoms with Gasteiger partial charge in [-0.1, -0.05) is 74.0 Å². The van der Waals surface area contributed by atoms with Crippen molar-refractivity contribution in [1.29, 1.82) is 0 Å². The van der Waals surface area contributed by atoms with Crippen LogP contribution in [0.4, 0.5) is 17.1 Å². The maximum atomic E-state index is 14.3. The number of para-hydroxylation sites is 1. The van der Waals surface area contributed by atoms with Gasteiger partial charge in [0, 0.05) is 11.4 Å². The molecular weight excluding hydrogens is 766 g/mol. The van der Waals surface area contributed by atoms with E-state index in [9.17, 15) is 19.7 Å². The largest absolute Gasteiger partial charge is 0.504 e. The van der Waals surface area contributed by atoms with Gasteiger partial charge >= 0.3 is 7.12 Å². The van der Waals surface area contributed by atoms with Crippen LogP contribution < -0.4 is 15.0 Å². The fourth-order valence-electron chi connectivity index (χ4n) is 8.16. The van der Waals surface area contributed by atoms with Crippen LogP contribution in [-0.2, 0) is 14.2 Å². The van der Waals surface area contributed by atoms with E-state index in [-0.39, 0.29) is 35.7 Å². The van der Waals surface area contributed by atoms with Gasteiger partial charge in [-0.25, -0.2) is 0 Å². The lowest BCUT2D eigenvalue weighted by Crippen LogP contribution is -2.46. The number of methoxy groups -OCH3 is 1. The number of allylic oxidation sites excluding steroid dienone is 2. The number of carbonyl (C=O) groups excluding carboxylic acids is 2. The zero-order valence-corrected chi connectivity index (χ0v) is 31.6. The zero-order chi connectivity index (χ0) is 36.5. The van der Waals surface area contributed by atoms with E-state index in [0.29, 0.717) is 34.3 Å². The second kappa shape index (κ2) is 15.3. The van der Waals surface area contributed by atoms with E-state index in [4.69, 9.17) is 9.39 Å². The fraction of sp³-hybridized carbons (Fsp3) is 0.286. The Bertz CT molecular complexity index is 2020. The molecule has 2 amide bonds. The minimum absolute atomic E-state index is 0.108. The highest BCUT2D eigenvalue weighted by Crippen LogP contribution is 2.53. The number of fused-ring (bicyclic) bond motifs is 3. The van der Waals surface area contributed by atoms with E-state index in [0.717, 1.165) is 39.2 Å². The van der Waals surface area contributed by atoms with Gasteiger partial charge in [0.1, 0.15) is 0 Å². The third kappa shape index (κ3) is 7.16. The molecule has 8 nitrogen and oxygen atoms in total. The Morgan fingerprint density at radius 2 is 1.65 bits per heavy atom. The van der Waals surface area contributed by atoms with Gasteiger partial charge in [0.2, 0.25) is 11.8 Å². The minimum Gasteiger partial charge on any atom is -0.504 e. The van der Waals surface area contributed by atoms with Crippen LogP contribution in [0, 0.1) is 27.2 Å². The second-order valence-electron chi connectivity index (χ2n) is 14.1. The van der Waals surface area contributed by atoms with Crippen molar-refractivity contribution in [2.75, 3.05) is 17.3 Å². The molecule has 4 aromatic rings. The number of nitrogens with zero attached hydrogens (tertiary/aromatic N) is 1. The van der Waals surface area contributed by atoms with Gasteiger partial charge in [-0.2, -0.15) is 0 Å². The summed E-state index contributed by atoms with van der Waals surface area (Å²) in [5.74, 6) is -1.10. The molecule has 4 aromatic carbocycles.